The number of hydrogen-bond donors (Lipinski definition) is 1. The second-order valence-corrected chi connectivity index (χ2v) is 1.98. The fourth-order valence-corrected chi connectivity index (χ4v) is 0.472. The van der Waals surface area contributed by atoms with Crippen LogP contribution in [0.3, 0.4) is 0 Å². The summed E-state index contributed by atoms with van der Waals surface area (Å²) in [6, 6.07) is 0. The predicted octanol–water partition coefficient (Wildman–Crippen LogP) is 2.17. The van der Waals surface area contributed by atoms with Gasteiger partial charge in [0.15, 0.2) is 0 Å². The van der Waals surface area contributed by atoms with E-state index in [9.17, 15) is 0 Å². The van der Waals surface area contributed by atoms with Crippen molar-refractivity contribution in [2.24, 2.45) is 0 Å². The molecule has 0 saturated heterocycles. The molecule has 7 heavy (non-hydrogen) atoms. The Morgan fingerprint density at radius 2 is 2.00 bits per heavy atom. The smallest absolute Gasteiger partial charge is 0.120 e. The van der Waals surface area contributed by atoms with Gasteiger partial charge in [-0.05, 0) is 19.9 Å². The van der Waals surface area contributed by atoms with Gasteiger partial charge in [0.05, 0.1) is 0 Å². The van der Waals surface area contributed by atoms with E-state index in [1.807, 2.05) is 13.8 Å². The average Bonchev–Trinajstić information content (AvgIpc) is 1.27. The number of allylic oxidation sites excluding steroid dienone is 2. The lowest BCUT2D eigenvalue weighted by Gasteiger charge is -1.81. The van der Waals surface area contributed by atoms with Crippen LogP contribution in [0.25, 0.3) is 0 Å². The number of hydrogen-bond acceptors (Lipinski definition) is 1. The first-order chi connectivity index (χ1) is 3.13. The summed E-state index contributed by atoms with van der Waals surface area (Å²) in [5.74, 6) is 0. The Morgan fingerprint density at radius 1 is 1.57 bits per heavy atom. The van der Waals surface area contributed by atoms with E-state index in [2.05, 4.69) is 0 Å². The highest BCUT2D eigenvalue weighted by Gasteiger charge is 1.78. The van der Waals surface area contributed by atoms with Crippen LogP contribution in [0.5, 0.6) is 0 Å². The second kappa shape index (κ2) is 2.80. The van der Waals surface area contributed by atoms with Crippen LogP contribution in [0, 0.1) is 5.41 Å². The van der Waals surface area contributed by atoms with Crippen molar-refractivity contribution in [3.8, 4) is 0 Å². The third kappa shape index (κ3) is 5.70. The molecule has 1 nitrogen and oxygen atoms in total. The highest BCUT2D eigenvalue weighted by atomic mass is 35.5. The lowest BCUT2D eigenvalue weighted by molar-refractivity contribution is 1.40. The summed E-state index contributed by atoms with van der Waals surface area (Å²) in [6.45, 7) is 3.80. The minimum Gasteiger partial charge on any atom is -0.289 e. The quantitative estimate of drug-likeness (QED) is 0.509. The summed E-state index contributed by atoms with van der Waals surface area (Å²) < 4.78 is 0. The van der Waals surface area contributed by atoms with Crippen LogP contribution < -0.4 is 0 Å². The molecule has 0 aliphatic carbocycles. The van der Waals surface area contributed by atoms with E-state index in [1.165, 1.54) is 0 Å². The van der Waals surface area contributed by atoms with Crippen LogP contribution in [0.15, 0.2) is 11.6 Å². The van der Waals surface area contributed by atoms with Crippen molar-refractivity contribution >= 4 is 16.8 Å². The molecule has 0 heterocycles. The molecule has 0 aromatic carbocycles. The van der Waals surface area contributed by atoms with Gasteiger partial charge in [-0.3, -0.25) is 5.41 Å². The maximum Gasteiger partial charge on any atom is 0.120 e. The van der Waals surface area contributed by atoms with Crippen LogP contribution in [0.2, 0.25) is 0 Å². The lowest BCUT2D eigenvalue weighted by Crippen LogP contribution is -1.74. The fraction of sp³-hybridized carbons (Fsp3) is 0.400. The Bertz CT molecular complexity index is 101. The van der Waals surface area contributed by atoms with Gasteiger partial charge in [0.25, 0.3) is 0 Å². The number of halogens is 1. The van der Waals surface area contributed by atoms with Gasteiger partial charge < -0.3 is 0 Å². The summed E-state index contributed by atoms with van der Waals surface area (Å²) in [4.78, 5) is 0. The summed E-state index contributed by atoms with van der Waals surface area (Å²) in [5.41, 5.74) is 1.06. The Kier molecular flexibility index (Phi) is 2.68. The van der Waals surface area contributed by atoms with Gasteiger partial charge in [-0.15, -0.1) is 0 Å². The zero-order valence-corrected chi connectivity index (χ0v) is 5.21. The van der Waals surface area contributed by atoms with Crippen LogP contribution in [0.1, 0.15) is 13.8 Å². The molecule has 0 amide bonds. The summed E-state index contributed by atoms with van der Waals surface area (Å²) in [6.07, 6.45) is 1.60. The van der Waals surface area contributed by atoms with E-state index in [0.29, 0.717) is 0 Å². The molecule has 0 aliphatic rings. The maximum atomic E-state index is 6.71. The minimum atomic E-state index is 0.0972. The van der Waals surface area contributed by atoms with Gasteiger partial charge in [0.1, 0.15) is 5.17 Å². The molecule has 0 aliphatic heterocycles. The van der Waals surface area contributed by atoms with Crippen molar-refractivity contribution in [3.05, 3.63) is 11.6 Å². The SMILES string of the molecule is CC(C)=CC(=N)Cl. The molecule has 0 bridgehead atoms. The van der Waals surface area contributed by atoms with E-state index >= 15 is 0 Å². The topological polar surface area (TPSA) is 23.9 Å². The first-order valence-corrected chi connectivity index (χ1v) is 2.39. The van der Waals surface area contributed by atoms with Crippen molar-refractivity contribution in [2.75, 3.05) is 0 Å². The van der Waals surface area contributed by atoms with Crippen molar-refractivity contribution in [2.45, 2.75) is 13.8 Å². The van der Waals surface area contributed by atoms with Crippen molar-refractivity contribution < 1.29 is 0 Å². The van der Waals surface area contributed by atoms with Crippen LogP contribution in [0.4, 0.5) is 0 Å². The Morgan fingerprint density at radius 3 is 2.00 bits per heavy atom. The molecule has 0 radical (unpaired) electrons. The molecule has 0 saturated carbocycles. The molecule has 0 fully saturated rings. The Hall–Kier alpha value is -0.300. The predicted molar refractivity (Wildman–Crippen MR) is 33.0 cm³/mol. The maximum absolute atomic E-state index is 6.71. The van der Waals surface area contributed by atoms with Crippen molar-refractivity contribution in [1.82, 2.24) is 0 Å². The third-order valence-electron chi connectivity index (χ3n) is 0.415. The number of rotatable bonds is 1. The molecule has 0 unspecified atom stereocenters. The van der Waals surface area contributed by atoms with Gasteiger partial charge in [0.2, 0.25) is 0 Å². The highest BCUT2D eigenvalue weighted by Crippen LogP contribution is 1.91. The van der Waals surface area contributed by atoms with E-state index in [0.717, 1.165) is 5.57 Å². The molecule has 0 rings (SSSR count). The van der Waals surface area contributed by atoms with Crippen molar-refractivity contribution in [1.29, 1.82) is 5.41 Å². The van der Waals surface area contributed by atoms with Gasteiger partial charge >= 0.3 is 0 Å². The van der Waals surface area contributed by atoms with Crippen LogP contribution in [-0.4, -0.2) is 5.17 Å². The minimum absolute atomic E-state index is 0.0972. The zero-order chi connectivity index (χ0) is 5.86. The molecule has 2 heteroatoms. The second-order valence-electron chi connectivity index (χ2n) is 1.57. The van der Waals surface area contributed by atoms with Crippen LogP contribution in [-0.2, 0) is 0 Å². The largest absolute Gasteiger partial charge is 0.289 e. The van der Waals surface area contributed by atoms with Gasteiger partial charge in [-0.1, -0.05) is 17.2 Å². The first kappa shape index (κ1) is 6.70. The highest BCUT2D eigenvalue weighted by molar-refractivity contribution is 6.67. The molecular weight excluding hydrogens is 110 g/mol. The van der Waals surface area contributed by atoms with Crippen LogP contribution >= 0.6 is 11.6 Å². The third-order valence-corrected chi connectivity index (χ3v) is 0.525. The summed E-state index contributed by atoms with van der Waals surface area (Å²) in [5, 5.41) is 6.81. The lowest BCUT2D eigenvalue weighted by atomic mass is 10.3. The summed E-state index contributed by atoms with van der Waals surface area (Å²) >= 11 is 5.18. The number of nitrogens with one attached hydrogen (secondary N) is 1. The average molecular weight is 118 g/mol. The van der Waals surface area contributed by atoms with E-state index in [4.69, 9.17) is 17.0 Å². The van der Waals surface area contributed by atoms with Crippen molar-refractivity contribution in [3.63, 3.8) is 0 Å². The van der Waals surface area contributed by atoms with E-state index < -0.39 is 0 Å². The molecule has 1 N–H and O–H groups in total. The zero-order valence-electron chi connectivity index (χ0n) is 4.46. The molecular formula is C5H8ClN. The van der Waals surface area contributed by atoms with E-state index in [1.54, 1.807) is 6.08 Å². The normalized spacial score (nSPS) is 7.86. The fourth-order valence-electron chi connectivity index (χ4n) is 0.253. The molecule has 0 aromatic rings. The van der Waals surface area contributed by atoms with E-state index in [-0.39, 0.29) is 5.17 Å². The summed E-state index contributed by atoms with van der Waals surface area (Å²) in [7, 11) is 0. The van der Waals surface area contributed by atoms with Gasteiger partial charge in [-0.2, -0.15) is 0 Å². The van der Waals surface area contributed by atoms with Gasteiger partial charge in [0, 0.05) is 0 Å². The Balaban J connectivity index is 3.68. The molecule has 0 atom stereocenters. The molecule has 0 aromatic heterocycles. The first-order valence-electron chi connectivity index (χ1n) is 2.02. The standard InChI is InChI=1S/C5H8ClN/c1-4(2)3-5(6)7/h3,7H,1-2H3. The molecule has 40 valence electrons. The van der Waals surface area contributed by atoms with Gasteiger partial charge in [-0.25, -0.2) is 0 Å². The molecule has 0 spiro atoms. The Labute approximate surface area is 48.5 Å². The monoisotopic (exact) mass is 117 g/mol.